The number of ketones is 1. The molecule has 1 N–H and O–H groups in total. The van der Waals surface area contributed by atoms with Crippen LogP contribution >= 0.6 is 0 Å². The Morgan fingerprint density at radius 1 is 1.20 bits per heavy atom. The van der Waals surface area contributed by atoms with E-state index < -0.39 is 17.4 Å². The molecule has 0 saturated carbocycles. The van der Waals surface area contributed by atoms with Gasteiger partial charge in [-0.2, -0.15) is 0 Å². The van der Waals surface area contributed by atoms with Crippen molar-refractivity contribution in [1.29, 1.82) is 0 Å². The number of carbonyl (C=O) groups is 1. The second kappa shape index (κ2) is 8.74. The normalized spacial score (nSPS) is 15.4. The number of benzene rings is 2. The summed E-state index contributed by atoms with van der Waals surface area (Å²) in [6.07, 6.45) is 1.82. The number of aromatic nitrogens is 3. The predicted molar refractivity (Wildman–Crippen MR) is 128 cm³/mol. The molecule has 1 aliphatic rings. The lowest BCUT2D eigenvalue weighted by Crippen LogP contribution is -2.29. The Bertz CT molecular complexity index is 1590. The third-order valence-electron chi connectivity index (χ3n) is 6.02. The number of ether oxygens (including phenoxy) is 1. The quantitative estimate of drug-likeness (QED) is 0.454. The minimum Gasteiger partial charge on any atom is -0.494 e. The lowest BCUT2D eigenvalue weighted by Gasteiger charge is -2.19. The highest BCUT2D eigenvalue weighted by molar-refractivity contribution is 5.96. The first-order chi connectivity index (χ1) is 16.9. The molecule has 0 aliphatic carbocycles. The van der Waals surface area contributed by atoms with E-state index in [1.54, 1.807) is 18.3 Å². The summed E-state index contributed by atoms with van der Waals surface area (Å²) in [5.74, 6) is -0.326. The number of carbonyl (C=O) groups excluding carboxylic acids is 1. The van der Waals surface area contributed by atoms with E-state index in [0.29, 0.717) is 16.6 Å². The van der Waals surface area contributed by atoms with Crippen LogP contribution in [0.1, 0.15) is 24.0 Å². The number of Topliss-reactive ketones (excluding diaryl/α,β-unsaturated/α-hetero) is 1. The van der Waals surface area contributed by atoms with Crippen molar-refractivity contribution in [2.45, 2.75) is 19.4 Å². The average Bonchev–Trinajstić information content (AvgIpc) is 3.30. The molecule has 0 spiro atoms. The molecule has 9 heteroatoms. The Balaban J connectivity index is 1.86. The molecule has 3 heterocycles. The van der Waals surface area contributed by atoms with Crippen LogP contribution in [-0.4, -0.2) is 34.0 Å². The van der Waals surface area contributed by atoms with Crippen LogP contribution in [0.25, 0.3) is 32.6 Å². The van der Waals surface area contributed by atoms with Gasteiger partial charge in [0.25, 0.3) is 5.56 Å². The van der Waals surface area contributed by atoms with E-state index in [1.807, 2.05) is 19.1 Å². The molecule has 1 fully saturated rings. The van der Waals surface area contributed by atoms with Crippen LogP contribution in [0.4, 0.5) is 10.1 Å². The molecule has 1 atom stereocenters. The van der Waals surface area contributed by atoms with Crippen LogP contribution in [0.15, 0.2) is 53.5 Å². The van der Waals surface area contributed by atoms with Crippen molar-refractivity contribution in [2.24, 2.45) is 0 Å². The second-order valence-electron chi connectivity index (χ2n) is 8.30. The highest BCUT2D eigenvalue weighted by Gasteiger charge is 2.29. The summed E-state index contributed by atoms with van der Waals surface area (Å²) in [7, 11) is 1.36. The molecule has 8 nitrogen and oxygen atoms in total. The number of fused-ring (bicyclic) bond motifs is 1. The molecule has 0 radical (unpaired) electrons. The molecule has 2 aromatic heterocycles. The molecule has 35 heavy (non-hydrogen) atoms. The van der Waals surface area contributed by atoms with Gasteiger partial charge in [-0.05, 0) is 42.8 Å². The lowest BCUT2D eigenvalue weighted by molar-refractivity contribution is -0.116. The first kappa shape index (κ1) is 22.4. The van der Waals surface area contributed by atoms with Gasteiger partial charge in [-0.15, -0.1) is 0 Å². The van der Waals surface area contributed by atoms with Crippen LogP contribution in [0.5, 0.6) is 5.75 Å². The van der Waals surface area contributed by atoms with Crippen molar-refractivity contribution in [2.75, 3.05) is 13.7 Å². The van der Waals surface area contributed by atoms with E-state index in [2.05, 4.69) is 15.1 Å². The monoisotopic (exact) mass is 469 g/mol. The summed E-state index contributed by atoms with van der Waals surface area (Å²) in [5, 5.41) is 3.31. The molecule has 0 amide bonds. The minimum atomic E-state index is -0.639. The van der Waals surface area contributed by atoms with Crippen molar-refractivity contribution >= 4 is 22.4 Å². The van der Waals surface area contributed by atoms with Crippen LogP contribution in [0.2, 0.25) is 0 Å². The van der Waals surface area contributed by atoms with Crippen LogP contribution in [-0.2, 0) is 4.79 Å². The van der Waals surface area contributed by atoms with E-state index in [-0.39, 0.29) is 47.1 Å². The van der Waals surface area contributed by atoms with Crippen LogP contribution < -0.4 is 15.6 Å². The standard InChI is InChI=1S/C26H20FN5O3/c1-14-4-5-15(12-29-14)19-8-16(28-2)9-20-24(19)31-25(22-11-18(33)13-30-22)32(26(20)34)17-6-7-23(35-3)21(27)10-17/h4-10,12,22,30H,11,13H2,1,3H3/t22-/m0/s1. The van der Waals surface area contributed by atoms with Crippen molar-refractivity contribution < 1.29 is 13.9 Å². The molecule has 174 valence electrons. The molecule has 4 aromatic rings. The molecule has 1 saturated heterocycles. The highest BCUT2D eigenvalue weighted by atomic mass is 19.1. The van der Waals surface area contributed by atoms with Gasteiger partial charge in [0.15, 0.2) is 17.3 Å². The molecular formula is C26H20FN5O3. The number of nitrogens with one attached hydrogen (secondary N) is 1. The number of hydrogen-bond donors (Lipinski definition) is 1. The van der Waals surface area contributed by atoms with Gasteiger partial charge in [-0.3, -0.25) is 19.1 Å². The Hall–Kier alpha value is -4.42. The Morgan fingerprint density at radius 3 is 2.66 bits per heavy atom. The molecule has 0 bridgehead atoms. The van der Waals surface area contributed by atoms with Gasteiger partial charge in [0.05, 0.1) is 42.9 Å². The summed E-state index contributed by atoms with van der Waals surface area (Å²) in [5.41, 5.74) is 2.53. The van der Waals surface area contributed by atoms with E-state index in [1.165, 1.54) is 29.9 Å². The number of nitrogens with zero attached hydrogens (tertiary/aromatic N) is 4. The maximum Gasteiger partial charge on any atom is 0.264 e. The largest absolute Gasteiger partial charge is 0.494 e. The zero-order chi connectivity index (χ0) is 24.7. The Morgan fingerprint density at radius 2 is 2.03 bits per heavy atom. The third kappa shape index (κ3) is 3.94. The Labute approximate surface area is 199 Å². The molecule has 1 aliphatic heterocycles. The number of hydrogen-bond acceptors (Lipinski definition) is 6. The average molecular weight is 469 g/mol. The smallest absolute Gasteiger partial charge is 0.264 e. The van der Waals surface area contributed by atoms with Gasteiger partial charge in [-0.1, -0.05) is 6.07 Å². The molecule has 0 unspecified atom stereocenters. The van der Waals surface area contributed by atoms with Gasteiger partial charge < -0.3 is 10.1 Å². The maximum absolute atomic E-state index is 14.6. The highest BCUT2D eigenvalue weighted by Crippen LogP contribution is 2.33. The first-order valence-electron chi connectivity index (χ1n) is 10.9. The maximum atomic E-state index is 14.6. The fourth-order valence-electron chi connectivity index (χ4n) is 4.27. The number of pyridine rings is 1. The van der Waals surface area contributed by atoms with Crippen molar-refractivity contribution in [3.05, 3.63) is 87.8 Å². The van der Waals surface area contributed by atoms with Gasteiger partial charge in [0, 0.05) is 29.9 Å². The fourth-order valence-corrected chi connectivity index (χ4v) is 4.27. The van der Waals surface area contributed by atoms with Crippen LogP contribution in [0, 0.1) is 19.3 Å². The van der Waals surface area contributed by atoms with Gasteiger partial charge in [0.1, 0.15) is 11.6 Å². The summed E-state index contributed by atoms with van der Waals surface area (Å²) >= 11 is 0. The zero-order valence-corrected chi connectivity index (χ0v) is 19.0. The summed E-state index contributed by atoms with van der Waals surface area (Å²) in [6, 6.07) is 10.5. The van der Waals surface area contributed by atoms with E-state index in [0.717, 1.165) is 5.69 Å². The number of rotatable bonds is 4. The summed E-state index contributed by atoms with van der Waals surface area (Å²) < 4.78 is 20.9. The van der Waals surface area contributed by atoms with E-state index in [9.17, 15) is 14.0 Å². The molecule has 2 aromatic carbocycles. The molecule has 5 rings (SSSR count). The number of halogens is 1. The van der Waals surface area contributed by atoms with Crippen molar-refractivity contribution in [3.8, 4) is 22.6 Å². The second-order valence-corrected chi connectivity index (χ2v) is 8.30. The van der Waals surface area contributed by atoms with Gasteiger partial charge in [-0.25, -0.2) is 14.2 Å². The summed E-state index contributed by atoms with van der Waals surface area (Å²) in [4.78, 5) is 38.7. The van der Waals surface area contributed by atoms with Gasteiger partial charge >= 0.3 is 0 Å². The SMILES string of the molecule is [C-]#[N+]c1cc(-c2ccc(C)nc2)c2nc([C@@H]3CC(=O)CN3)n(-c3ccc(OC)c(F)c3)c(=O)c2c1. The minimum absolute atomic E-state index is 0.0110. The Kier molecular flexibility index (Phi) is 5.59. The van der Waals surface area contributed by atoms with Crippen molar-refractivity contribution in [1.82, 2.24) is 19.9 Å². The lowest BCUT2D eigenvalue weighted by atomic mass is 10.0. The number of aryl methyl sites for hydroxylation is 1. The van der Waals surface area contributed by atoms with E-state index >= 15 is 0 Å². The van der Waals surface area contributed by atoms with E-state index in [4.69, 9.17) is 16.3 Å². The molecular weight excluding hydrogens is 449 g/mol. The van der Waals surface area contributed by atoms with Crippen LogP contribution in [0.3, 0.4) is 0 Å². The predicted octanol–water partition coefficient (Wildman–Crippen LogP) is 4.06. The van der Waals surface area contributed by atoms with Crippen molar-refractivity contribution in [3.63, 3.8) is 0 Å². The first-order valence-corrected chi connectivity index (χ1v) is 10.9. The summed E-state index contributed by atoms with van der Waals surface area (Å²) in [6.45, 7) is 9.56. The fraction of sp³-hybridized carbons (Fsp3) is 0.192. The topological polar surface area (TPSA) is 90.5 Å². The third-order valence-corrected chi connectivity index (χ3v) is 6.02. The zero-order valence-electron chi connectivity index (χ0n) is 19.0. The number of methoxy groups -OCH3 is 1. The van der Waals surface area contributed by atoms with Gasteiger partial charge in [0.2, 0.25) is 0 Å².